The van der Waals surface area contributed by atoms with Crippen LogP contribution in [-0.4, -0.2) is 17.3 Å². The summed E-state index contributed by atoms with van der Waals surface area (Å²) in [6, 6.07) is 10.1. The maximum Gasteiger partial charge on any atom is 0.186 e. The van der Waals surface area contributed by atoms with Crippen LogP contribution in [0, 0.1) is 0 Å². The van der Waals surface area contributed by atoms with Gasteiger partial charge >= 0.3 is 0 Å². The lowest BCUT2D eigenvalue weighted by Gasteiger charge is -2.14. The maximum absolute atomic E-state index is 12.5. The van der Waals surface area contributed by atoms with Crippen LogP contribution >= 0.6 is 23.5 Å². The summed E-state index contributed by atoms with van der Waals surface area (Å²) < 4.78 is 1.28. The van der Waals surface area contributed by atoms with Crippen molar-refractivity contribution in [1.82, 2.24) is 0 Å². The van der Waals surface area contributed by atoms with Gasteiger partial charge in [-0.3, -0.25) is 4.79 Å². The molecule has 98 valence electrons. The topological polar surface area (TPSA) is 17.1 Å². The highest BCUT2D eigenvalue weighted by Crippen LogP contribution is 2.42. The average Bonchev–Trinajstić information content (AvgIpc) is 2.82. The molecule has 1 aromatic carbocycles. The van der Waals surface area contributed by atoms with Gasteiger partial charge < -0.3 is 0 Å². The second-order valence-corrected chi connectivity index (χ2v) is 7.19. The van der Waals surface area contributed by atoms with Crippen molar-refractivity contribution in [3.63, 3.8) is 0 Å². The molecule has 0 aromatic heterocycles. The van der Waals surface area contributed by atoms with E-state index in [1.165, 1.54) is 10.7 Å². The van der Waals surface area contributed by atoms with E-state index >= 15 is 0 Å². The molecule has 0 amide bonds. The van der Waals surface area contributed by atoms with Crippen LogP contribution in [0.15, 0.2) is 45.7 Å². The van der Waals surface area contributed by atoms with Gasteiger partial charge in [-0.1, -0.05) is 30.3 Å². The molecule has 1 saturated carbocycles. The molecule has 1 aliphatic carbocycles. The first kappa shape index (κ1) is 13.1. The first-order chi connectivity index (χ1) is 9.34. The van der Waals surface area contributed by atoms with Crippen molar-refractivity contribution in [2.45, 2.75) is 19.3 Å². The van der Waals surface area contributed by atoms with Crippen LogP contribution in [0.3, 0.4) is 0 Å². The molecular formula is C16H16OS2. The van der Waals surface area contributed by atoms with E-state index < -0.39 is 0 Å². The van der Waals surface area contributed by atoms with Gasteiger partial charge in [-0.25, -0.2) is 0 Å². The molecule has 2 fully saturated rings. The first-order valence-corrected chi connectivity index (χ1v) is 8.61. The summed E-state index contributed by atoms with van der Waals surface area (Å²) >= 11 is 3.73. The number of hydrogen-bond acceptors (Lipinski definition) is 3. The van der Waals surface area contributed by atoms with Gasteiger partial charge in [0.2, 0.25) is 0 Å². The number of benzene rings is 1. The second-order valence-electron chi connectivity index (χ2n) is 4.73. The third kappa shape index (κ3) is 2.98. The lowest BCUT2D eigenvalue weighted by atomic mass is 10.1. The monoisotopic (exact) mass is 288 g/mol. The van der Waals surface area contributed by atoms with E-state index in [1.807, 2.05) is 47.8 Å². The van der Waals surface area contributed by atoms with Crippen LogP contribution in [0.4, 0.5) is 0 Å². The van der Waals surface area contributed by atoms with E-state index in [1.54, 1.807) is 0 Å². The lowest BCUT2D eigenvalue weighted by Crippen LogP contribution is -2.01. The molecule has 2 aliphatic rings. The van der Waals surface area contributed by atoms with E-state index in [4.69, 9.17) is 0 Å². The lowest BCUT2D eigenvalue weighted by molar-refractivity contribution is -0.111. The van der Waals surface area contributed by atoms with Gasteiger partial charge in [-0.05, 0) is 42.4 Å². The summed E-state index contributed by atoms with van der Waals surface area (Å²) in [6.45, 7) is 0. The summed E-state index contributed by atoms with van der Waals surface area (Å²) in [5, 5.41) is 0. The Bertz CT molecular complexity index is 535. The molecule has 0 spiro atoms. The van der Waals surface area contributed by atoms with Crippen LogP contribution in [0.5, 0.6) is 0 Å². The highest BCUT2D eigenvalue weighted by atomic mass is 32.2. The molecule has 0 atom stereocenters. The molecule has 1 nitrogen and oxygen atoms in total. The SMILES string of the molecule is O=C1C(=C2SCCCS2)CC/C1=C/c1ccccc1. The molecule has 0 unspecified atom stereocenters. The summed E-state index contributed by atoms with van der Waals surface area (Å²) in [4.78, 5) is 12.5. The number of carbonyl (C=O) groups is 1. The predicted octanol–water partition coefficient (Wildman–Crippen LogP) is 4.51. The Labute approximate surface area is 122 Å². The van der Waals surface area contributed by atoms with E-state index in [0.717, 1.165) is 41.1 Å². The van der Waals surface area contributed by atoms with Gasteiger partial charge in [-0.2, -0.15) is 0 Å². The molecular weight excluding hydrogens is 272 g/mol. The number of Topliss-reactive ketones (excluding diaryl/α,β-unsaturated/α-hetero) is 1. The molecule has 3 heteroatoms. The fraction of sp³-hybridized carbons (Fsp3) is 0.312. The predicted molar refractivity (Wildman–Crippen MR) is 85.2 cm³/mol. The summed E-state index contributed by atoms with van der Waals surface area (Å²) in [6.07, 6.45) is 5.13. The Morgan fingerprint density at radius 3 is 2.47 bits per heavy atom. The molecule has 3 rings (SSSR count). The standard InChI is InChI=1S/C16H16OS2/c17-15-13(11-12-5-2-1-3-6-12)7-8-14(15)16-18-9-4-10-19-16/h1-3,5-6,11H,4,7-10H2/b13-11-. The Kier molecular flexibility index (Phi) is 4.14. The Balaban J connectivity index is 1.84. The summed E-state index contributed by atoms with van der Waals surface area (Å²) in [7, 11) is 0. The molecule has 1 heterocycles. The second kappa shape index (κ2) is 6.02. The van der Waals surface area contributed by atoms with Crippen LogP contribution in [0.2, 0.25) is 0 Å². The first-order valence-electron chi connectivity index (χ1n) is 6.63. The van der Waals surface area contributed by atoms with Gasteiger partial charge in [0.1, 0.15) is 0 Å². The summed E-state index contributed by atoms with van der Waals surface area (Å²) in [5.41, 5.74) is 3.17. The smallest absolute Gasteiger partial charge is 0.186 e. The van der Waals surface area contributed by atoms with Crippen molar-refractivity contribution in [1.29, 1.82) is 0 Å². The van der Waals surface area contributed by atoms with Crippen molar-refractivity contribution in [3.8, 4) is 0 Å². The molecule has 19 heavy (non-hydrogen) atoms. The highest BCUT2D eigenvalue weighted by molar-refractivity contribution is 8.22. The normalized spacial score (nSPS) is 22.3. The third-order valence-corrected chi connectivity index (χ3v) is 6.06. The summed E-state index contributed by atoms with van der Waals surface area (Å²) in [5.74, 6) is 2.61. The van der Waals surface area contributed by atoms with Crippen molar-refractivity contribution in [3.05, 3.63) is 51.3 Å². The van der Waals surface area contributed by atoms with Gasteiger partial charge in [0.05, 0.1) is 0 Å². The van der Waals surface area contributed by atoms with E-state index in [9.17, 15) is 4.79 Å². The minimum Gasteiger partial charge on any atom is -0.289 e. The maximum atomic E-state index is 12.5. The third-order valence-electron chi connectivity index (χ3n) is 3.35. The number of thioether (sulfide) groups is 2. The minimum absolute atomic E-state index is 0.278. The van der Waals surface area contributed by atoms with Crippen LogP contribution in [-0.2, 0) is 4.79 Å². The average molecular weight is 288 g/mol. The Morgan fingerprint density at radius 2 is 1.74 bits per heavy atom. The molecule has 1 saturated heterocycles. The zero-order valence-electron chi connectivity index (χ0n) is 10.7. The number of rotatable bonds is 1. The van der Waals surface area contributed by atoms with E-state index in [0.29, 0.717) is 0 Å². The van der Waals surface area contributed by atoms with Crippen LogP contribution < -0.4 is 0 Å². The minimum atomic E-state index is 0.278. The van der Waals surface area contributed by atoms with Crippen molar-refractivity contribution in [2.24, 2.45) is 0 Å². The molecule has 0 N–H and O–H groups in total. The quantitative estimate of drug-likeness (QED) is 0.708. The van der Waals surface area contributed by atoms with Crippen LogP contribution in [0.25, 0.3) is 6.08 Å². The number of ketones is 1. The van der Waals surface area contributed by atoms with Crippen molar-refractivity contribution < 1.29 is 4.79 Å². The Hall–Kier alpha value is -0.930. The zero-order chi connectivity index (χ0) is 13.1. The molecule has 1 aliphatic heterocycles. The van der Waals surface area contributed by atoms with Crippen LogP contribution in [0.1, 0.15) is 24.8 Å². The Morgan fingerprint density at radius 1 is 1.00 bits per heavy atom. The molecule has 0 bridgehead atoms. The fourth-order valence-electron chi connectivity index (χ4n) is 2.37. The van der Waals surface area contributed by atoms with Gasteiger partial charge in [0.25, 0.3) is 0 Å². The van der Waals surface area contributed by atoms with Crippen molar-refractivity contribution >= 4 is 35.4 Å². The van der Waals surface area contributed by atoms with E-state index in [2.05, 4.69) is 12.1 Å². The number of hydrogen-bond donors (Lipinski definition) is 0. The van der Waals surface area contributed by atoms with Gasteiger partial charge in [-0.15, -0.1) is 23.5 Å². The zero-order valence-corrected chi connectivity index (χ0v) is 12.4. The highest BCUT2D eigenvalue weighted by Gasteiger charge is 2.27. The van der Waals surface area contributed by atoms with E-state index in [-0.39, 0.29) is 5.78 Å². The van der Waals surface area contributed by atoms with Crippen molar-refractivity contribution in [2.75, 3.05) is 11.5 Å². The number of carbonyl (C=O) groups excluding carboxylic acids is 1. The number of allylic oxidation sites excluding steroid dienone is 2. The fourth-order valence-corrected chi connectivity index (χ4v) is 5.07. The van der Waals surface area contributed by atoms with Gasteiger partial charge in [0, 0.05) is 15.4 Å². The largest absolute Gasteiger partial charge is 0.289 e. The molecule has 1 aromatic rings. The van der Waals surface area contributed by atoms with Gasteiger partial charge in [0.15, 0.2) is 5.78 Å². The molecule has 0 radical (unpaired) electrons.